The Morgan fingerprint density at radius 3 is 2.08 bits per heavy atom. The third-order valence-electron chi connectivity index (χ3n) is 5.44. The minimum atomic E-state index is -0.448. The first kappa shape index (κ1) is 18.7. The van der Waals surface area contributed by atoms with Crippen LogP contribution in [-0.4, -0.2) is 24.2 Å². The number of hydrogen-bond acceptors (Lipinski definition) is 3. The first-order valence-electron chi connectivity index (χ1n) is 8.94. The molecule has 5 heteroatoms. The summed E-state index contributed by atoms with van der Waals surface area (Å²) in [4.78, 5) is 12.5. The summed E-state index contributed by atoms with van der Waals surface area (Å²) in [5.41, 5.74) is 3.62. The normalized spacial score (nSPS) is 18.0. The van der Waals surface area contributed by atoms with E-state index in [1.807, 2.05) is 84.0 Å². The molecule has 0 spiro atoms. The number of anilines is 1. The Bertz CT molecular complexity index is 812. The van der Waals surface area contributed by atoms with Crippen molar-refractivity contribution >= 4 is 24.2 Å². The zero-order valence-corrected chi connectivity index (χ0v) is 16.3. The molecule has 2 aromatic rings. The van der Waals surface area contributed by atoms with Crippen molar-refractivity contribution in [2.45, 2.75) is 52.7 Å². The molecular weight excluding hydrogens is 325 g/mol. The minimum absolute atomic E-state index is 0.126. The quantitative estimate of drug-likeness (QED) is 0.855. The van der Waals surface area contributed by atoms with Crippen molar-refractivity contribution in [1.29, 1.82) is 0 Å². The van der Waals surface area contributed by atoms with Crippen LogP contribution in [-0.2, 0) is 9.31 Å². The molecule has 0 atom stereocenters. The third kappa shape index (κ3) is 3.42. The van der Waals surface area contributed by atoms with Crippen LogP contribution in [0.15, 0.2) is 42.5 Å². The van der Waals surface area contributed by atoms with E-state index in [1.165, 1.54) is 0 Å². The van der Waals surface area contributed by atoms with E-state index in [1.54, 1.807) is 0 Å². The summed E-state index contributed by atoms with van der Waals surface area (Å²) in [5, 5.41) is 3.00. The Morgan fingerprint density at radius 1 is 0.923 bits per heavy atom. The zero-order chi connectivity index (χ0) is 19.1. The van der Waals surface area contributed by atoms with E-state index < -0.39 is 18.3 Å². The molecule has 26 heavy (non-hydrogen) atoms. The predicted molar refractivity (Wildman–Crippen MR) is 106 cm³/mol. The number of rotatable bonds is 3. The van der Waals surface area contributed by atoms with Gasteiger partial charge in [0.2, 0.25) is 0 Å². The lowest BCUT2D eigenvalue weighted by atomic mass is 9.76. The molecule has 2 aromatic carbocycles. The van der Waals surface area contributed by atoms with Crippen molar-refractivity contribution in [3.63, 3.8) is 0 Å². The number of carbonyl (C=O) groups is 1. The predicted octanol–water partition coefficient (Wildman–Crippen LogP) is 3.85. The fourth-order valence-electron chi connectivity index (χ4n) is 2.91. The second-order valence-electron chi connectivity index (χ2n) is 7.93. The van der Waals surface area contributed by atoms with Gasteiger partial charge in [0, 0.05) is 11.3 Å². The Labute approximate surface area is 156 Å². The van der Waals surface area contributed by atoms with Crippen LogP contribution in [0.3, 0.4) is 0 Å². The molecule has 0 radical (unpaired) electrons. The highest BCUT2D eigenvalue weighted by atomic mass is 16.7. The van der Waals surface area contributed by atoms with E-state index in [4.69, 9.17) is 9.31 Å². The minimum Gasteiger partial charge on any atom is -0.399 e. The maximum atomic E-state index is 12.5. The summed E-state index contributed by atoms with van der Waals surface area (Å²) >= 11 is 0. The van der Waals surface area contributed by atoms with Gasteiger partial charge in [0.25, 0.3) is 5.91 Å². The summed E-state index contributed by atoms with van der Waals surface area (Å²) in [6, 6.07) is 13.3. The largest absolute Gasteiger partial charge is 0.495 e. The lowest BCUT2D eigenvalue weighted by Gasteiger charge is -2.32. The summed E-state index contributed by atoms with van der Waals surface area (Å²) in [6.07, 6.45) is 0. The maximum absolute atomic E-state index is 12.5. The van der Waals surface area contributed by atoms with Crippen molar-refractivity contribution < 1.29 is 14.1 Å². The van der Waals surface area contributed by atoms with E-state index in [0.717, 1.165) is 22.3 Å². The topological polar surface area (TPSA) is 47.6 Å². The molecule has 0 aliphatic carbocycles. The lowest BCUT2D eigenvalue weighted by molar-refractivity contribution is 0.00578. The smallest absolute Gasteiger partial charge is 0.399 e. The van der Waals surface area contributed by atoms with Crippen LogP contribution in [0.25, 0.3) is 0 Å². The molecule has 0 unspecified atom stereocenters. The Hall–Kier alpha value is -2.11. The number of nitrogens with one attached hydrogen (secondary N) is 1. The Kier molecular flexibility index (Phi) is 4.71. The summed E-state index contributed by atoms with van der Waals surface area (Å²) in [5.74, 6) is -0.126. The number of benzene rings is 2. The van der Waals surface area contributed by atoms with Gasteiger partial charge < -0.3 is 14.6 Å². The molecule has 0 bridgehead atoms. The molecular formula is C21H26BNO3. The number of hydrogen-bond donors (Lipinski definition) is 1. The van der Waals surface area contributed by atoms with Crippen LogP contribution >= 0.6 is 0 Å². The lowest BCUT2D eigenvalue weighted by Crippen LogP contribution is -2.41. The maximum Gasteiger partial charge on any atom is 0.495 e. The molecule has 1 aliphatic heterocycles. The van der Waals surface area contributed by atoms with Crippen LogP contribution in [0.5, 0.6) is 0 Å². The van der Waals surface area contributed by atoms with E-state index in [0.29, 0.717) is 5.56 Å². The Balaban J connectivity index is 1.84. The second-order valence-corrected chi connectivity index (χ2v) is 7.93. The van der Waals surface area contributed by atoms with E-state index in [-0.39, 0.29) is 5.91 Å². The molecule has 1 fully saturated rings. The van der Waals surface area contributed by atoms with Crippen molar-refractivity contribution in [3.8, 4) is 0 Å². The molecule has 1 aliphatic rings. The van der Waals surface area contributed by atoms with E-state index in [2.05, 4.69) is 5.32 Å². The molecule has 1 heterocycles. The standard InChI is InChI=1S/C21H26BNO3/c1-14-10-12-16(13-11-14)19(24)23-18-9-7-8-17(15(18)2)22-25-20(3,4)21(5,6)26-22/h7-13H,1-6H3,(H,23,24). The van der Waals surface area contributed by atoms with Gasteiger partial charge in [-0.2, -0.15) is 0 Å². The van der Waals surface area contributed by atoms with Crippen molar-refractivity contribution in [2.75, 3.05) is 5.32 Å². The highest BCUT2D eigenvalue weighted by molar-refractivity contribution is 6.62. The molecule has 3 rings (SSSR count). The van der Waals surface area contributed by atoms with E-state index >= 15 is 0 Å². The number of carbonyl (C=O) groups excluding carboxylic acids is 1. The van der Waals surface area contributed by atoms with Crippen molar-refractivity contribution in [2.24, 2.45) is 0 Å². The Morgan fingerprint density at radius 2 is 1.50 bits per heavy atom. The van der Waals surface area contributed by atoms with Crippen LogP contribution in [0, 0.1) is 13.8 Å². The summed E-state index contributed by atoms with van der Waals surface area (Å²) in [7, 11) is -0.448. The van der Waals surface area contributed by atoms with Crippen LogP contribution < -0.4 is 10.8 Å². The highest BCUT2D eigenvalue weighted by Crippen LogP contribution is 2.37. The van der Waals surface area contributed by atoms with Crippen LogP contribution in [0.2, 0.25) is 0 Å². The van der Waals surface area contributed by atoms with Gasteiger partial charge in [0.15, 0.2) is 0 Å². The van der Waals surface area contributed by atoms with Gasteiger partial charge >= 0.3 is 7.12 Å². The molecule has 1 N–H and O–H groups in total. The van der Waals surface area contributed by atoms with Crippen LogP contribution in [0.1, 0.15) is 49.2 Å². The van der Waals surface area contributed by atoms with Gasteiger partial charge in [-0.15, -0.1) is 0 Å². The third-order valence-corrected chi connectivity index (χ3v) is 5.44. The molecule has 0 saturated carbocycles. The summed E-state index contributed by atoms with van der Waals surface area (Å²) in [6.45, 7) is 12.1. The fourth-order valence-corrected chi connectivity index (χ4v) is 2.91. The van der Waals surface area contributed by atoms with Gasteiger partial charge in [-0.25, -0.2) is 0 Å². The van der Waals surface area contributed by atoms with E-state index in [9.17, 15) is 4.79 Å². The van der Waals surface area contributed by atoms with Gasteiger partial charge in [-0.05, 0) is 70.8 Å². The van der Waals surface area contributed by atoms with Gasteiger partial charge in [0.1, 0.15) is 0 Å². The van der Waals surface area contributed by atoms with Crippen LogP contribution in [0.4, 0.5) is 5.69 Å². The first-order valence-corrected chi connectivity index (χ1v) is 8.94. The van der Waals surface area contributed by atoms with Crippen molar-refractivity contribution in [1.82, 2.24) is 0 Å². The first-order chi connectivity index (χ1) is 12.1. The highest BCUT2D eigenvalue weighted by Gasteiger charge is 2.52. The summed E-state index contributed by atoms with van der Waals surface area (Å²) < 4.78 is 12.3. The molecule has 1 saturated heterocycles. The average Bonchev–Trinajstić information content (AvgIpc) is 2.77. The van der Waals surface area contributed by atoms with Crippen molar-refractivity contribution in [3.05, 3.63) is 59.2 Å². The monoisotopic (exact) mass is 351 g/mol. The average molecular weight is 351 g/mol. The number of aryl methyl sites for hydroxylation is 1. The fraction of sp³-hybridized carbons (Fsp3) is 0.381. The molecule has 0 aromatic heterocycles. The van der Waals surface area contributed by atoms with Gasteiger partial charge in [-0.3, -0.25) is 4.79 Å². The zero-order valence-electron chi connectivity index (χ0n) is 16.3. The second kappa shape index (κ2) is 6.56. The van der Waals surface area contributed by atoms with Gasteiger partial charge in [0.05, 0.1) is 11.2 Å². The molecule has 1 amide bonds. The van der Waals surface area contributed by atoms with Gasteiger partial charge in [-0.1, -0.05) is 29.8 Å². The SMILES string of the molecule is Cc1ccc(C(=O)Nc2cccc(B3OC(C)(C)C(C)(C)O3)c2C)cc1. The number of amides is 1. The molecule has 4 nitrogen and oxygen atoms in total. The molecule has 136 valence electrons.